The summed E-state index contributed by atoms with van der Waals surface area (Å²) in [6.45, 7) is 3.28. The maximum absolute atomic E-state index is 13.4. The van der Waals surface area contributed by atoms with E-state index in [1.807, 2.05) is 30.3 Å². The van der Waals surface area contributed by atoms with Crippen LogP contribution in [0.25, 0.3) is 0 Å². The second-order valence-electron chi connectivity index (χ2n) is 14.6. The van der Waals surface area contributed by atoms with Crippen LogP contribution in [0.15, 0.2) is 60.7 Å². The smallest absolute Gasteiger partial charge is 0.445 e. The minimum atomic E-state index is -1.30. The average Bonchev–Trinajstić information content (AvgIpc) is 3.21. The molecule has 2 aromatic rings. The first kappa shape index (κ1) is 41.0. The van der Waals surface area contributed by atoms with E-state index < -0.39 is 36.3 Å². The summed E-state index contributed by atoms with van der Waals surface area (Å²) in [5.41, 5.74) is 1.24. The molecule has 3 fully saturated rings. The van der Waals surface area contributed by atoms with Crippen LogP contribution in [0.1, 0.15) is 93.5 Å². The van der Waals surface area contributed by atoms with Gasteiger partial charge in [-0.2, -0.15) is 0 Å². The molecule has 3 atom stereocenters. The molecule has 0 radical (unpaired) electrons. The van der Waals surface area contributed by atoms with Gasteiger partial charge in [0.2, 0.25) is 18.1 Å². The van der Waals surface area contributed by atoms with Gasteiger partial charge in [0.05, 0.1) is 5.92 Å². The lowest BCUT2D eigenvalue weighted by molar-refractivity contribution is -0.171. The molecule has 1 aliphatic carbocycles. The summed E-state index contributed by atoms with van der Waals surface area (Å²) in [6.07, 6.45) is 5.55. The van der Waals surface area contributed by atoms with Crippen molar-refractivity contribution in [1.29, 1.82) is 0 Å². The van der Waals surface area contributed by atoms with E-state index in [2.05, 4.69) is 10.6 Å². The lowest BCUT2D eigenvalue weighted by Crippen LogP contribution is -2.52. The molecule has 2 heterocycles. The zero-order valence-corrected chi connectivity index (χ0v) is 31.7. The topological polar surface area (TPSA) is 170 Å². The molecule has 0 aromatic heterocycles. The zero-order valence-electron chi connectivity index (χ0n) is 31.7. The number of nitrogens with zero attached hydrogens (tertiary/aromatic N) is 2. The van der Waals surface area contributed by atoms with Crippen LogP contribution in [0.2, 0.25) is 0 Å². The molecular weight excluding hydrogens is 708 g/mol. The number of carbonyl (C=O) groups is 6. The molecular formula is C41H54N4O10. The first-order valence-electron chi connectivity index (χ1n) is 19.6. The lowest BCUT2D eigenvalue weighted by Gasteiger charge is -2.34. The number of likely N-dealkylation sites (tertiary alicyclic amines) is 2. The van der Waals surface area contributed by atoms with Gasteiger partial charge in [0.25, 0.3) is 5.91 Å². The fourth-order valence-electron chi connectivity index (χ4n) is 7.24. The molecule has 14 heteroatoms. The number of rotatable bonds is 14. The van der Waals surface area contributed by atoms with Crippen LogP contribution < -0.4 is 10.6 Å². The fourth-order valence-corrected chi connectivity index (χ4v) is 7.24. The molecule has 2 unspecified atom stereocenters. The monoisotopic (exact) mass is 762 g/mol. The average molecular weight is 763 g/mol. The van der Waals surface area contributed by atoms with E-state index >= 15 is 0 Å². The van der Waals surface area contributed by atoms with Gasteiger partial charge in [-0.05, 0) is 81.4 Å². The summed E-state index contributed by atoms with van der Waals surface area (Å²) in [5.74, 6) is -2.01. The maximum atomic E-state index is 13.4. The summed E-state index contributed by atoms with van der Waals surface area (Å²) >= 11 is 0. The minimum Gasteiger partial charge on any atom is -0.445 e. The molecule has 4 amide bonds. The van der Waals surface area contributed by atoms with Crippen LogP contribution >= 0.6 is 0 Å². The Balaban J connectivity index is 1.06. The molecule has 55 heavy (non-hydrogen) atoms. The van der Waals surface area contributed by atoms with E-state index in [0.717, 1.165) is 50.5 Å². The Morgan fingerprint density at radius 1 is 0.782 bits per heavy atom. The normalized spacial score (nSPS) is 19.0. The second-order valence-corrected chi connectivity index (χ2v) is 14.6. The number of ether oxygens (including phenoxy) is 4. The van der Waals surface area contributed by atoms with Crippen molar-refractivity contribution >= 4 is 35.9 Å². The van der Waals surface area contributed by atoms with Gasteiger partial charge < -0.3 is 39.4 Å². The molecule has 2 N–H and O–H groups in total. The van der Waals surface area contributed by atoms with Crippen molar-refractivity contribution in [2.45, 2.75) is 103 Å². The largest absolute Gasteiger partial charge is 0.511 e. The van der Waals surface area contributed by atoms with Crippen molar-refractivity contribution in [1.82, 2.24) is 20.4 Å². The van der Waals surface area contributed by atoms with Gasteiger partial charge in [-0.1, -0.05) is 55.0 Å². The number of carbonyl (C=O) groups excluding carboxylic acids is 6. The molecule has 1 saturated carbocycles. The van der Waals surface area contributed by atoms with Crippen molar-refractivity contribution in [2.24, 2.45) is 11.8 Å². The van der Waals surface area contributed by atoms with Gasteiger partial charge in [0.1, 0.15) is 18.8 Å². The van der Waals surface area contributed by atoms with Gasteiger partial charge in [0.15, 0.2) is 0 Å². The van der Waals surface area contributed by atoms with Crippen molar-refractivity contribution in [3.8, 4) is 0 Å². The van der Waals surface area contributed by atoms with Crippen molar-refractivity contribution in [3.63, 3.8) is 0 Å². The van der Waals surface area contributed by atoms with Crippen LogP contribution in [0.4, 0.5) is 9.59 Å². The summed E-state index contributed by atoms with van der Waals surface area (Å²) in [7, 11) is 0. The highest BCUT2D eigenvalue weighted by atomic mass is 16.8. The van der Waals surface area contributed by atoms with Gasteiger partial charge in [-0.15, -0.1) is 0 Å². The molecule has 3 aliphatic rings. The Hall–Kier alpha value is -5.14. The third kappa shape index (κ3) is 13.3. The number of benzene rings is 2. The molecule has 2 aromatic carbocycles. The molecule has 2 aliphatic heterocycles. The first-order valence-corrected chi connectivity index (χ1v) is 19.6. The second kappa shape index (κ2) is 21.1. The van der Waals surface area contributed by atoms with E-state index in [1.54, 1.807) is 40.1 Å². The standard InChI is InChI=1S/C41H54N4O10/c1-29(54-41(51)55-34-17-9-4-10-18-34)53-39(49)35(43-38(48)32-14-7-3-8-15-32)26-42-37(47)33-16-11-23-45(27-33)36(46)20-19-30-21-24-44(25-22-30)40(50)52-28-31-12-5-2-6-13-31/h2-3,5-8,12-15,29-30,33-35H,4,9-11,16-28H2,1H3,(H,42,47)(H,43,48)/t29?,33-,35?/m1/s1. The predicted molar refractivity (Wildman–Crippen MR) is 200 cm³/mol. The van der Waals surface area contributed by atoms with E-state index in [0.29, 0.717) is 56.8 Å². The molecule has 5 rings (SSSR count). The Bertz CT molecular complexity index is 1580. The first-order chi connectivity index (χ1) is 26.6. The third-order valence-electron chi connectivity index (χ3n) is 10.5. The number of esters is 1. The van der Waals surface area contributed by atoms with Crippen molar-refractivity contribution in [2.75, 3.05) is 32.7 Å². The van der Waals surface area contributed by atoms with E-state index in [-0.39, 0.29) is 43.7 Å². The fraction of sp³-hybridized carbons (Fsp3) is 0.561. The zero-order chi connectivity index (χ0) is 39.0. The SMILES string of the molecule is CC(OC(=O)OC1CCCCC1)OC(=O)C(CNC(=O)[C@@H]1CCCN(C(=O)CCC2CCN(C(=O)OCc3ccccc3)CC2)C1)NC(=O)c1ccccc1. The maximum Gasteiger partial charge on any atom is 0.511 e. The number of nitrogens with one attached hydrogen (secondary N) is 2. The van der Waals surface area contributed by atoms with E-state index in [4.69, 9.17) is 18.9 Å². The number of hydrogen-bond donors (Lipinski definition) is 2. The van der Waals surface area contributed by atoms with Crippen molar-refractivity contribution in [3.05, 3.63) is 71.8 Å². The molecule has 14 nitrogen and oxygen atoms in total. The van der Waals surface area contributed by atoms with Crippen LogP contribution in [0.5, 0.6) is 0 Å². The molecule has 0 spiro atoms. The van der Waals surface area contributed by atoms with Crippen LogP contribution in [-0.4, -0.2) is 96.9 Å². The summed E-state index contributed by atoms with van der Waals surface area (Å²) < 4.78 is 21.3. The minimum absolute atomic E-state index is 0.0187. The highest BCUT2D eigenvalue weighted by molar-refractivity contribution is 5.97. The van der Waals surface area contributed by atoms with Gasteiger partial charge in [-0.25, -0.2) is 14.4 Å². The Labute approximate surface area is 322 Å². The number of hydrogen-bond acceptors (Lipinski definition) is 10. The number of amides is 4. The van der Waals surface area contributed by atoms with Crippen LogP contribution in [0, 0.1) is 11.8 Å². The quantitative estimate of drug-likeness (QED) is 0.146. The Morgan fingerprint density at radius 2 is 1.47 bits per heavy atom. The Morgan fingerprint density at radius 3 is 2.18 bits per heavy atom. The highest BCUT2D eigenvalue weighted by Gasteiger charge is 2.32. The predicted octanol–water partition coefficient (Wildman–Crippen LogP) is 5.34. The van der Waals surface area contributed by atoms with Crippen molar-refractivity contribution < 1.29 is 47.7 Å². The molecule has 2 saturated heterocycles. The number of piperidine rings is 2. The molecule has 298 valence electrons. The van der Waals surface area contributed by atoms with Gasteiger partial charge in [0, 0.05) is 51.6 Å². The third-order valence-corrected chi connectivity index (χ3v) is 10.5. The van der Waals surface area contributed by atoms with Gasteiger partial charge >= 0.3 is 18.2 Å². The van der Waals surface area contributed by atoms with E-state index in [9.17, 15) is 28.8 Å². The molecule has 0 bridgehead atoms. The lowest BCUT2D eigenvalue weighted by atomic mass is 9.91. The van der Waals surface area contributed by atoms with E-state index in [1.165, 1.54) is 6.92 Å². The summed E-state index contributed by atoms with van der Waals surface area (Å²) in [6, 6.07) is 16.5. The van der Waals surface area contributed by atoms with Crippen LogP contribution in [0.3, 0.4) is 0 Å². The van der Waals surface area contributed by atoms with Gasteiger partial charge in [-0.3, -0.25) is 14.4 Å². The highest BCUT2D eigenvalue weighted by Crippen LogP contribution is 2.25. The summed E-state index contributed by atoms with van der Waals surface area (Å²) in [4.78, 5) is 81.2. The van der Waals surface area contributed by atoms with Crippen LogP contribution in [-0.2, 0) is 39.9 Å². The Kier molecular flexibility index (Phi) is 15.7. The summed E-state index contributed by atoms with van der Waals surface area (Å²) in [5, 5.41) is 5.39.